The zero-order valence-corrected chi connectivity index (χ0v) is 11.5. The van der Waals surface area contributed by atoms with Gasteiger partial charge in [0.2, 0.25) is 0 Å². The largest absolute Gasteiger partial charge is 0.381 e. The number of hydrogen-bond donors (Lipinski definition) is 0. The molecule has 0 N–H and O–H groups in total. The van der Waals surface area contributed by atoms with Crippen LogP contribution in [0.2, 0.25) is 0 Å². The molecule has 2 saturated heterocycles. The van der Waals surface area contributed by atoms with Crippen LogP contribution in [0.25, 0.3) is 0 Å². The summed E-state index contributed by atoms with van der Waals surface area (Å²) in [6, 6.07) is 0. The lowest BCUT2D eigenvalue weighted by Gasteiger charge is -2.25. The van der Waals surface area contributed by atoms with Gasteiger partial charge in [0.15, 0.2) is 0 Å². The Morgan fingerprint density at radius 1 is 0.722 bits per heavy atom. The minimum atomic E-state index is 0.213. The topological polar surface area (TPSA) is 27.7 Å². The fourth-order valence-electron chi connectivity index (χ4n) is 2.64. The molecule has 105 valence electrons. The molecule has 0 aromatic heterocycles. The maximum absolute atomic E-state index is 6.02. The first-order valence-corrected chi connectivity index (χ1v) is 7.65. The summed E-state index contributed by atoms with van der Waals surface area (Å²) in [5.74, 6) is 0. The Bertz CT molecular complexity index is 166. The van der Waals surface area contributed by atoms with Crippen LogP contribution in [0.1, 0.15) is 57.8 Å². The van der Waals surface area contributed by atoms with Crippen molar-refractivity contribution >= 4 is 0 Å². The van der Waals surface area contributed by atoms with E-state index in [-0.39, 0.29) is 6.10 Å². The molecule has 2 fully saturated rings. The SMILES string of the molecule is C1CCCOC([C]2CCOCCCCO2)CCC1. The molecule has 0 amide bonds. The predicted molar refractivity (Wildman–Crippen MR) is 71.3 cm³/mol. The van der Waals surface area contributed by atoms with Gasteiger partial charge in [0.05, 0.1) is 6.10 Å². The normalized spacial score (nSPS) is 30.3. The Hall–Kier alpha value is -0.120. The molecule has 0 saturated carbocycles. The monoisotopic (exact) mass is 255 g/mol. The van der Waals surface area contributed by atoms with Gasteiger partial charge in [-0.25, -0.2) is 0 Å². The first kappa shape index (κ1) is 14.3. The second-order valence-corrected chi connectivity index (χ2v) is 5.30. The summed E-state index contributed by atoms with van der Waals surface area (Å²) in [4.78, 5) is 0. The van der Waals surface area contributed by atoms with E-state index >= 15 is 0 Å². The van der Waals surface area contributed by atoms with Crippen molar-refractivity contribution in [2.24, 2.45) is 0 Å². The predicted octanol–water partition coefficient (Wildman–Crippen LogP) is 3.47. The van der Waals surface area contributed by atoms with E-state index in [0.29, 0.717) is 0 Å². The minimum Gasteiger partial charge on any atom is -0.381 e. The highest BCUT2D eigenvalue weighted by atomic mass is 16.5. The van der Waals surface area contributed by atoms with Crippen molar-refractivity contribution in [1.29, 1.82) is 0 Å². The quantitative estimate of drug-likeness (QED) is 0.718. The molecule has 1 unspecified atom stereocenters. The summed E-state index contributed by atoms with van der Waals surface area (Å²) in [6.45, 7) is 3.38. The van der Waals surface area contributed by atoms with Crippen molar-refractivity contribution in [3.63, 3.8) is 0 Å². The Morgan fingerprint density at radius 2 is 1.50 bits per heavy atom. The smallest absolute Gasteiger partial charge is 0.128 e. The van der Waals surface area contributed by atoms with E-state index < -0.39 is 0 Å². The standard InChI is InChI=1S/C15H27O3/c1-2-4-8-14(17-11-5-3-1)15-9-13-16-10-6-7-12-18-15/h14H,1-13H2. The highest BCUT2D eigenvalue weighted by Crippen LogP contribution is 2.25. The molecule has 3 heteroatoms. The molecule has 18 heavy (non-hydrogen) atoms. The summed E-state index contributed by atoms with van der Waals surface area (Å²) < 4.78 is 17.6. The summed E-state index contributed by atoms with van der Waals surface area (Å²) >= 11 is 0. The van der Waals surface area contributed by atoms with Gasteiger partial charge in [0.1, 0.15) is 6.10 Å². The molecule has 1 atom stereocenters. The third-order valence-corrected chi connectivity index (χ3v) is 3.75. The van der Waals surface area contributed by atoms with Crippen molar-refractivity contribution in [3.05, 3.63) is 6.10 Å². The van der Waals surface area contributed by atoms with Gasteiger partial charge >= 0.3 is 0 Å². The van der Waals surface area contributed by atoms with Crippen LogP contribution in [-0.4, -0.2) is 32.5 Å². The molecule has 2 heterocycles. The zero-order chi connectivity index (χ0) is 12.5. The van der Waals surface area contributed by atoms with Gasteiger partial charge < -0.3 is 14.2 Å². The summed E-state index contributed by atoms with van der Waals surface area (Å²) in [5, 5.41) is 0. The average Bonchev–Trinajstić information content (AvgIpc) is 2.61. The fourth-order valence-corrected chi connectivity index (χ4v) is 2.64. The van der Waals surface area contributed by atoms with Crippen molar-refractivity contribution in [1.82, 2.24) is 0 Å². The summed E-state index contributed by atoms with van der Waals surface area (Å²) in [6.07, 6.45) is 12.0. The van der Waals surface area contributed by atoms with Crippen molar-refractivity contribution in [2.75, 3.05) is 26.4 Å². The first-order valence-electron chi connectivity index (χ1n) is 7.65. The van der Waals surface area contributed by atoms with Crippen molar-refractivity contribution in [2.45, 2.75) is 63.9 Å². The van der Waals surface area contributed by atoms with E-state index in [1.807, 2.05) is 0 Å². The van der Waals surface area contributed by atoms with Gasteiger partial charge in [-0.3, -0.25) is 0 Å². The van der Waals surface area contributed by atoms with E-state index in [0.717, 1.165) is 58.2 Å². The van der Waals surface area contributed by atoms with Gasteiger partial charge in [-0.05, 0) is 25.7 Å². The lowest BCUT2D eigenvalue weighted by Crippen LogP contribution is -2.26. The molecule has 0 aromatic rings. The average molecular weight is 255 g/mol. The van der Waals surface area contributed by atoms with E-state index in [1.165, 1.54) is 32.1 Å². The van der Waals surface area contributed by atoms with Crippen LogP contribution in [-0.2, 0) is 14.2 Å². The van der Waals surface area contributed by atoms with Crippen molar-refractivity contribution < 1.29 is 14.2 Å². The van der Waals surface area contributed by atoms with E-state index in [9.17, 15) is 0 Å². The molecule has 0 aliphatic carbocycles. The van der Waals surface area contributed by atoms with Crippen LogP contribution in [0.3, 0.4) is 0 Å². The molecule has 2 aliphatic rings. The fraction of sp³-hybridized carbons (Fsp3) is 0.933. The van der Waals surface area contributed by atoms with Gasteiger partial charge in [-0.15, -0.1) is 0 Å². The van der Waals surface area contributed by atoms with E-state index in [2.05, 4.69) is 0 Å². The summed E-state index contributed by atoms with van der Waals surface area (Å²) in [5.41, 5.74) is 0. The van der Waals surface area contributed by atoms with E-state index in [1.54, 1.807) is 0 Å². The van der Waals surface area contributed by atoms with Gasteiger partial charge in [-0.2, -0.15) is 0 Å². The first-order chi connectivity index (χ1) is 8.97. The number of ether oxygens (including phenoxy) is 3. The van der Waals surface area contributed by atoms with Gasteiger partial charge in [0.25, 0.3) is 0 Å². The van der Waals surface area contributed by atoms with Gasteiger partial charge in [-0.1, -0.05) is 25.7 Å². The third-order valence-electron chi connectivity index (χ3n) is 3.75. The van der Waals surface area contributed by atoms with E-state index in [4.69, 9.17) is 14.2 Å². The molecular weight excluding hydrogens is 228 g/mol. The molecule has 1 radical (unpaired) electrons. The highest BCUT2D eigenvalue weighted by Gasteiger charge is 2.25. The maximum atomic E-state index is 6.02. The highest BCUT2D eigenvalue weighted by molar-refractivity contribution is 4.89. The Balaban J connectivity index is 1.83. The third kappa shape index (κ3) is 5.25. The minimum absolute atomic E-state index is 0.213. The summed E-state index contributed by atoms with van der Waals surface area (Å²) in [7, 11) is 0. The number of hydrogen-bond acceptors (Lipinski definition) is 3. The van der Waals surface area contributed by atoms with Crippen LogP contribution in [0.4, 0.5) is 0 Å². The van der Waals surface area contributed by atoms with Gasteiger partial charge in [0, 0.05) is 32.8 Å². The molecule has 0 bridgehead atoms. The van der Waals surface area contributed by atoms with Crippen molar-refractivity contribution in [3.8, 4) is 0 Å². The molecular formula is C15H27O3. The Kier molecular flexibility index (Phi) is 7.06. The molecule has 0 spiro atoms. The van der Waals surface area contributed by atoms with Crippen LogP contribution >= 0.6 is 0 Å². The van der Waals surface area contributed by atoms with Crippen LogP contribution in [0, 0.1) is 6.10 Å². The lowest BCUT2D eigenvalue weighted by molar-refractivity contribution is -0.0232. The van der Waals surface area contributed by atoms with Crippen LogP contribution in [0.5, 0.6) is 0 Å². The zero-order valence-electron chi connectivity index (χ0n) is 11.5. The molecule has 0 aromatic carbocycles. The molecule has 2 rings (SSSR count). The second-order valence-electron chi connectivity index (χ2n) is 5.30. The number of rotatable bonds is 1. The molecule has 3 nitrogen and oxygen atoms in total. The Labute approximate surface area is 111 Å². The van der Waals surface area contributed by atoms with Crippen LogP contribution < -0.4 is 0 Å². The molecule has 2 aliphatic heterocycles. The lowest BCUT2D eigenvalue weighted by atomic mass is 10.0. The Morgan fingerprint density at radius 3 is 2.50 bits per heavy atom. The maximum Gasteiger partial charge on any atom is 0.128 e. The second kappa shape index (κ2) is 8.89. The van der Waals surface area contributed by atoms with Crippen LogP contribution in [0.15, 0.2) is 0 Å².